The predicted octanol–water partition coefficient (Wildman–Crippen LogP) is 2.59. The molecule has 1 aliphatic heterocycles. The molecule has 0 aliphatic carbocycles. The summed E-state index contributed by atoms with van der Waals surface area (Å²) in [6.07, 6.45) is 3.53. The van der Waals surface area contributed by atoms with Crippen molar-refractivity contribution in [3.63, 3.8) is 0 Å². The minimum atomic E-state index is -0.403. The normalized spacial score (nSPS) is 18.8. The van der Waals surface area contributed by atoms with Crippen molar-refractivity contribution in [2.75, 3.05) is 25.5 Å². The van der Waals surface area contributed by atoms with E-state index in [1.807, 2.05) is 13.0 Å². The zero-order valence-corrected chi connectivity index (χ0v) is 13.5. The highest BCUT2D eigenvalue weighted by atomic mass is 16.5. The first kappa shape index (κ1) is 16.5. The Morgan fingerprint density at radius 1 is 1.36 bits per heavy atom. The first-order valence-electron chi connectivity index (χ1n) is 7.74. The summed E-state index contributed by atoms with van der Waals surface area (Å²) in [5.74, 6) is -0.445. The van der Waals surface area contributed by atoms with E-state index in [2.05, 4.69) is 17.1 Å². The van der Waals surface area contributed by atoms with Crippen molar-refractivity contribution in [3.05, 3.63) is 29.3 Å². The fourth-order valence-electron chi connectivity index (χ4n) is 2.77. The van der Waals surface area contributed by atoms with Gasteiger partial charge < -0.3 is 10.1 Å². The number of carbonyl (C=O) groups is 2. The maximum Gasteiger partial charge on any atom is 0.337 e. The Bertz CT molecular complexity index is 557. The second kappa shape index (κ2) is 7.40. The summed E-state index contributed by atoms with van der Waals surface area (Å²) in [6, 6.07) is 5.62. The van der Waals surface area contributed by atoms with Gasteiger partial charge in [0.25, 0.3) is 0 Å². The van der Waals surface area contributed by atoms with Crippen LogP contribution in [0.25, 0.3) is 0 Å². The third-order valence-corrected chi connectivity index (χ3v) is 4.22. The van der Waals surface area contributed by atoms with E-state index in [1.165, 1.54) is 13.5 Å². The largest absolute Gasteiger partial charge is 0.465 e. The van der Waals surface area contributed by atoms with E-state index in [0.717, 1.165) is 24.9 Å². The van der Waals surface area contributed by atoms with Crippen LogP contribution in [0.4, 0.5) is 5.69 Å². The highest BCUT2D eigenvalue weighted by Gasteiger charge is 2.20. The van der Waals surface area contributed by atoms with Gasteiger partial charge in [0.15, 0.2) is 0 Å². The molecule has 5 heteroatoms. The monoisotopic (exact) mass is 304 g/mol. The van der Waals surface area contributed by atoms with Crippen molar-refractivity contribution in [2.45, 2.75) is 39.2 Å². The van der Waals surface area contributed by atoms with E-state index in [-0.39, 0.29) is 5.91 Å². The number of carbonyl (C=O) groups excluding carboxylic acids is 2. The van der Waals surface area contributed by atoms with Crippen molar-refractivity contribution in [3.8, 4) is 0 Å². The number of rotatable bonds is 4. The number of hydrogen-bond donors (Lipinski definition) is 1. The Kier molecular flexibility index (Phi) is 5.55. The molecule has 0 bridgehead atoms. The van der Waals surface area contributed by atoms with Gasteiger partial charge in [-0.2, -0.15) is 0 Å². The molecule has 1 amide bonds. The summed E-state index contributed by atoms with van der Waals surface area (Å²) in [7, 11) is 1.35. The highest BCUT2D eigenvalue weighted by Crippen LogP contribution is 2.19. The molecule has 0 radical (unpaired) electrons. The number of nitrogens with one attached hydrogen (secondary N) is 1. The van der Waals surface area contributed by atoms with Crippen LogP contribution >= 0.6 is 0 Å². The van der Waals surface area contributed by atoms with Crippen molar-refractivity contribution in [1.82, 2.24) is 4.90 Å². The van der Waals surface area contributed by atoms with E-state index in [0.29, 0.717) is 23.8 Å². The third-order valence-electron chi connectivity index (χ3n) is 4.22. The van der Waals surface area contributed by atoms with Crippen LogP contribution < -0.4 is 5.32 Å². The molecule has 2 rings (SSSR count). The Morgan fingerprint density at radius 2 is 2.14 bits per heavy atom. The van der Waals surface area contributed by atoms with Gasteiger partial charge in [-0.15, -0.1) is 0 Å². The van der Waals surface area contributed by atoms with Gasteiger partial charge in [0.2, 0.25) is 5.91 Å². The molecule has 0 spiro atoms. The number of likely N-dealkylation sites (tertiary alicyclic amines) is 1. The lowest BCUT2D eigenvalue weighted by Gasteiger charge is -2.32. The fraction of sp³-hybridized carbons (Fsp3) is 0.529. The number of nitrogens with zero attached hydrogens (tertiary/aromatic N) is 1. The van der Waals surface area contributed by atoms with E-state index in [4.69, 9.17) is 4.74 Å². The van der Waals surface area contributed by atoms with Crippen molar-refractivity contribution in [2.24, 2.45) is 0 Å². The summed E-state index contributed by atoms with van der Waals surface area (Å²) in [4.78, 5) is 26.0. The fourth-order valence-corrected chi connectivity index (χ4v) is 2.77. The number of piperidine rings is 1. The summed E-state index contributed by atoms with van der Waals surface area (Å²) in [6.45, 7) is 5.43. The SMILES string of the molecule is COC(=O)c1ccc(C)c(NC(=O)CN2CCCCC2C)c1. The topological polar surface area (TPSA) is 58.6 Å². The van der Waals surface area contributed by atoms with Gasteiger partial charge in [0.05, 0.1) is 19.2 Å². The zero-order valence-electron chi connectivity index (χ0n) is 13.5. The van der Waals surface area contributed by atoms with Crippen LogP contribution in [0.2, 0.25) is 0 Å². The molecule has 1 aromatic carbocycles. The van der Waals surface area contributed by atoms with Gasteiger partial charge in [-0.05, 0) is 50.9 Å². The maximum atomic E-state index is 12.3. The highest BCUT2D eigenvalue weighted by molar-refractivity contribution is 5.96. The molecular formula is C17H24N2O3. The maximum absolute atomic E-state index is 12.3. The standard InChI is InChI=1S/C17H24N2O3/c1-12-7-8-14(17(21)22-3)10-15(12)18-16(20)11-19-9-5-4-6-13(19)2/h7-8,10,13H,4-6,9,11H2,1-3H3,(H,18,20). The molecule has 1 fully saturated rings. The average molecular weight is 304 g/mol. The number of benzene rings is 1. The van der Waals surface area contributed by atoms with Crippen LogP contribution in [0.15, 0.2) is 18.2 Å². The number of hydrogen-bond acceptors (Lipinski definition) is 4. The molecule has 22 heavy (non-hydrogen) atoms. The van der Waals surface area contributed by atoms with E-state index in [9.17, 15) is 9.59 Å². The molecule has 5 nitrogen and oxygen atoms in total. The summed E-state index contributed by atoms with van der Waals surface area (Å²) in [5.41, 5.74) is 2.03. The lowest BCUT2D eigenvalue weighted by Crippen LogP contribution is -2.42. The quantitative estimate of drug-likeness (QED) is 0.869. The van der Waals surface area contributed by atoms with Crippen molar-refractivity contribution in [1.29, 1.82) is 0 Å². The van der Waals surface area contributed by atoms with Crippen LogP contribution in [0.1, 0.15) is 42.1 Å². The Hall–Kier alpha value is -1.88. The number of anilines is 1. The molecule has 1 aromatic rings. The predicted molar refractivity (Wildman–Crippen MR) is 86.0 cm³/mol. The molecular weight excluding hydrogens is 280 g/mol. The van der Waals surface area contributed by atoms with Crippen LogP contribution in [0.3, 0.4) is 0 Å². The molecule has 1 aliphatic rings. The Morgan fingerprint density at radius 3 is 2.82 bits per heavy atom. The number of aryl methyl sites for hydroxylation is 1. The van der Waals surface area contributed by atoms with Gasteiger partial charge >= 0.3 is 5.97 Å². The zero-order chi connectivity index (χ0) is 16.1. The molecule has 0 saturated carbocycles. The van der Waals surface area contributed by atoms with Crippen LogP contribution in [0.5, 0.6) is 0 Å². The molecule has 1 unspecified atom stereocenters. The van der Waals surface area contributed by atoms with E-state index >= 15 is 0 Å². The smallest absolute Gasteiger partial charge is 0.337 e. The first-order valence-corrected chi connectivity index (χ1v) is 7.74. The average Bonchev–Trinajstić information content (AvgIpc) is 2.51. The number of methoxy groups -OCH3 is 1. The van der Waals surface area contributed by atoms with Crippen LogP contribution in [-0.4, -0.2) is 43.0 Å². The van der Waals surface area contributed by atoms with Gasteiger partial charge in [-0.25, -0.2) is 4.79 Å². The molecule has 1 atom stereocenters. The molecule has 0 aromatic heterocycles. The molecule has 1 heterocycles. The lowest BCUT2D eigenvalue weighted by atomic mass is 10.0. The molecule has 1 N–H and O–H groups in total. The lowest BCUT2D eigenvalue weighted by molar-refractivity contribution is -0.118. The summed E-state index contributed by atoms with van der Waals surface area (Å²) in [5, 5.41) is 2.91. The van der Waals surface area contributed by atoms with Gasteiger partial charge in [-0.1, -0.05) is 12.5 Å². The van der Waals surface area contributed by atoms with E-state index < -0.39 is 5.97 Å². The Balaban J connectivity index is 2.03. The van der Waals surface area contributed by atoms with E-state index in [1.54, 1.807) is 12.1 Å². The second-order valence-corrected chi connectivity index (χ2v) is 5.88. The number of esters is 1. The van der Waals surface area contributed by atoms with Gasteiger partial charge in [-0.3, -0.25) is 9.69 Å². The van der Waals surface area contributed by atoms with Crippen LogP contribution in [0, 0.1) is 6.92 Å². The minimum Gasteiger partial charge on any atom is -0.465 e. The first-order chi connectivity index (χ1) is 10.5. The number of amides is 1. The Labute approximate surface area is 131 Å². The van der Waals surface area contributed by atoms with Crippen molar-refractivity contribution >= 4 is 17.6 Å². The third kappa shape index (κ3) is 4.07. The molecule has 120 valence electrons. The van der Waals surface area contributed by atoms with Gasteiger partial charge in [0, 0.05) is 11.7 Å². The van der Waals surface area contributed by atoms with Crippen molar-refractivity contribution < 1.29 is 14.3 Å². The van der Waals surface area contributed by atoms with Crippen LogP contribution in [-0.2, 0) is 9.53 Å². The van der Waals surface area contributed by atoms with Gasteiger partial charge in [0.1, 0.15) is 0 Å². The number of ether oxygens (including phenoxy) is 1. The minimum absolute atomic E-state index is 0.0427. The molecule has 1 saturated heterocycles. The second-order valence-electron chi connectivity index (χ2n) is 5.88. The summed E-state index contributed by atoms with van der Waals surface area (Å²) < 4.78 is 4.71. The summed E-state index contributed by atoms with van der Waals surface area (Å²) >= 11 is 0.